The Balaban J connectivity index is 1.51. The van der Waals surface area contributed by atoms with E-state index in [2.05, 4.69) is 29.0 Å². The highest BCUT2D eigenvalue weighted by Crippen LogP contribution is 2.33. The molecule has 2 saturated carbocycles. The van der Waals surface area contributed by atoms with E-state index in [1.54, 1.807) is 0 Å². The van der Waals surface area contributed by atoms with Gasteiger partial charge in [0.2, 0.25) is 0 Å². The number of nitrogens with one attached hydrogen (secondary N) is 1. The molecule has 2 rings (SSSR count). The Morgan fingerprint density at radius 2 is 1.26 bits per heavy atom. The molecule has 0 atom stereocenters. The first-order valence-electron chi connectivity index (χ1n) is 8.47. The van der Waals surface area contributed by atoms with Gasteiger partial charge in [0.15, 0.2) is 0 Å². The molecule has 0 aromatic carbocycles. The van der Waals surface area contributed by atoms with Crippen molar-refractivity contribution in [2.45, 2.75) is 39.5 Å². The Kier molecular flexibility index (Phi) is 6.62. The monoisotopic (exact) mass is 267 g/mol. The average molecular weight is 267 g/mol. The lowest BCUT2D eigenvalue weighted by Gasteiger charge is -2.23. The van der Waals surface area contributed by atoms with Gasteiger partial charge in [0, 0.05) is 39.3 Å². The van der Waals surface area contributed by atoms with Crippen LogP contribution in [0.3, 0.4) is 0 Å². The molecule has 0 amide bonds. The smallest absolute Gasteiger partial charge is 0.0107 e. The summed E-state index contributed by atoms with van der Waals surface area (Å²) in [7, 11) is 0. The van der Waals surface area contributed by atoms with E-state index in [0.29, 0.717) is 0 Å². The molecule has 0 aromatic heterocycles. The lowest BCUT2D eigenvalue weighted by molar-refractivity contribution is 0.248. The van der Waals surface area contributed by atoms with Gasteiger partial charge in [-0.25, -0.2) is 0 Å². The van der Waals surface area contributed by atoms with E-state index in [9.17, 15) is 0 Å². The Morgan fingerprint density at radius 3 is 1.68 bits per heavy atom. The third-order valence-corrected chi connectivity index (χ3v) is 4.53. The normalized spacial score (nSPS) is 19.6. The van der Waals surface area contributed by atoms with Crippen molar-refractivity contribution in [3.8, 4) is 0 Å². The van der Waals surface area contributed by atoms with Gasteiger partial charge in [-0.15, -0.1) is 0 Å². The van der Waals surface area contributed by atoms with Crippen molar-refractivity contribution < 1.29 is 0 Å². The van der Waals surface area contributed by atoms with Crippen LogP contribution in [0.4, 0.5) is 0 Å². The largest absolute Gasteiger partial charge is 0.314 e. The summed E-state index contributed by atoms with van der Waals surface area (Å²) >= 11 is 0. The van der Waals surface area contributed by atoms with E-state index in [1.807, 2.05) is 0 Å². The Morgan fingerprint density at radius 1 is 0.789 bits per heavy atom. The first-order chi connectivity index (χ1) is 9.31. The summed E-state index contributed by atoms with van der Waals surface area (Å²) in [5.41, 5.74) is 0. The molecule has 112 valence electrons. The van der Waals surface area contributed by atoms with Crippen LogP contribution in [0.15, 0.2) is 0 Å². The first kappa shape index (κ1) is 15.3. The topological polar surface area (TPSA) is 18.5 Å². The zero-order valence-electron chi connectivity index (χ0n) is 13.0. The fourth-order valence-electron chi connectivity index (χ4n) is 2.73. The van der Waals surface area contributed by atoms with Crippen molar-refractivity contribution >= 4 is 0 Å². The fourth-order valence-corrected chi connectivity index (χ4v) is 2.73. The summed E-state index contributed by atoms with van der Waals surface area (Å²) in [6.45, 7) is 14.3. The van der Waals surface area contributed by atoms with Crippen LogP contribution in [0.1, 0.15) is 39.5 Å². The van der Waals surface area contributed by atoms with E-state index >= 15 is 0 Å². The second kappa shape index (κ2) is 8.23. The van der Waals surface area contributed by atoms with E-state index < -0.39 is 0 Å². The van der Waals surface area contributed by atoms with Crippen LogP contribution in [-0.4, -0.2) is 62.2 Å². The van der Waals surface area contributed by atoms with Crippen LogP contribution in [0.25, 0.3) is 0 Å². The zero-order chi connectivity index (χ0) is 13.5. The number of likely N-dealkylation sites (N-methyl/N-ethyl adjacent to an activating group) is 1. The highest BCUT2D eigenvalue weighted by atomic mass is 15.2. The van der Waals surface area contributed by atoms with Gasteiger partial charge in [-0.05, 0) is 50.6 Å². The number of rotatable bonds is 12. The summed E-state index contributed by atoms with van der Waals surface area (Å²) in [4.78, 5) is 5.21. The molecule has 2 aliphatic rings. The van der Waals surface area contributed by atoms with Gasteiger partial charge in [0.05, 0.1) is 0 Å². The molecule has 1 N–H and O–H groups in total. The van der Waals surface area contributed by atoms with Gasteiger partial charge < -0.3 is 15.1 Å². The first-order valence-corrected chi connectivity index (χ1v) is 8.47. The molecule has 3 nitrogen and oxygen atoms in total. The highest BCUT2D eigenvalue weighted by molar-refractivity contribution is 4.82. The van der Waals surface area contributed by atoms with Crippen LogP contribution in [0, 0.1) is 11.8 Å². The van der Waals surface area contributed by atoms with E-state index in [0.717, 1.165) is 18.4 Å². The van der Waals surface area contributed by atoms with Crippen LogP contribution in [0.2, 0.25) is 0 Å². The maximum absolute atomic E-state index is 3.62. The standard InChI is InChI=1S/C16H33N3/c1-3-18(4-2)11-9-17-10-12-19(13-15-5-6-15)14-16-7-8-16/h15-17H,3-14H2,1-2H3. The lowest BCUT2D eigenvalue weighted by atomic mass is 10.3. The van der Waals surface area contributed by atoms with Gasteiger partial charge in [0.25, 0.3) is 0 Å². The number of nitrogens with zero attached hydrogens (tertiary/aromatic N) is 2. The van der Waals surface area contributed by atoms with Crippen molar-refractivity contribution in [1.82, 2.24) is 15.1 Å². The molecule has 0 heterocycles. The fraction of sp³-hybridized carbons (Fsp3) is 1.00. The van der Waals surface area contributed by atoms with Gasteiger partial charge in [-0.2, -0.15) is 0 Å². The molecule has 0 radical (unpaired) electrons. The van der Waals surface area contributed by atoms with E-state index in [4.69, 9.17) is 0 Å². The van der Waals surface area contributed by atoms with Crippen molar-refractivity contribution in [2.24, 2.45) is 11.8 Å². The third-order valence-electron chi connectivity index (χ3n) is 4.53. The van der Waals surface area contributed by atoms with Crippen molar-refractivity contribution in [3.63, 3.8) is 0 Å². The van der Waals surface area contributed by atoms with Crippen molar-refractivity contribution in [1.29, 1.82) is 0 Å². The summed E-state index contributed by atoms with van der Waals surface area (Å²) in [5.74, 6) is 2.07. The molecule has 0 spiro atoms. The predicted octanol–water partition coefficient (Wildman–Crippen LogP) is 2.04. The molecule has 0 aromatic rings. The quantitative estimate of drug-likeness (QED) is 0.546. The molecular formula is C16H33N3. The highest BCUT2D eigenvalue weighted by Gasteiger charge is 2.28. The zero-order valence-corrected chi connectivity index (χ0v) is 13.0. The molecule has 3 heteroatoms. The Labute approximate surface area is 119 Å². The summed E-state index contributed by atoms with van der Waals surface area (Å²) in [6.07, 6.45) is 5.93. The van der Waals surface area contributed by atoms with Crippen molar-refractivity contribution in [3.05, 3.63) is 0 Å². The van der Waals surface area contributed by atoms with Crippen molar-refractivity contribution in [2.75, 3.05) is 52.4 Å². The van der Waals surface area contributed by atoms with Crippen LogP contribution in [0.5, 0.6) is 0 Å². The summed E-state index contributed by atoms with van der Waals surface area (Å²) in [5, 5.41) is 3.62. The maximum atomic E-state index is 3.62. The minimum atomic E-state index is 1.04. The van der Waals surface area contributed by atoms with Gasteiger partial charge in [0.1, 0.15) is 0 Å². The number of hydrogen-bond acceptors (Lipinski definition) is 3. The Hall–Kier alpha value is -0.120. The molecule has 19 heavy (non-hydrogen) atoms. The molecule has 0 saturated heterocycles. The van der Waals surface area contributed by atoms with Crippen LogP contribution >= 0.6 is 0 Å². The SMILES string of the molecule is CCN(CC)CCNCCN(CC1CC1)CC1CC1. The molecular weight excluding hydrogens is 234 g/mol. The predicted molar refractivity (Wildman–Crippen MR) is 82.5 cm³/mol. The van der Waals surface area contributed by atoms with Gasteiger partial charge >= 0.3 is 0 Å². The molecule has 0 bridgehead atoms. The molecule has 2 aliphatic carbocycles. The van der Waals surface area contributed by atoms with E-state index in [-0.39, 0.29) is 0 Å². The summed E-state index contributed by atoms with van der Waals surface area (Å²) in [6, 6.07) is 0. The van der Waals surface area contributed by atoms with E-state index in [1.165, 1.54) is 71.5 Å². The second-order valence-electron chi connectivity index (χ2n) is 6.42. The summed E-state index contributed by atoms with van der Waals surface area (Å²) < 4.78 is 0. The minimum absolute atomic E-state index is 1.04. The average Bonchev–Trinajstić information content (AvgIpc) is 3.29. The minimum Gasteiger partial charge on any atom is -0.314 e. The van der Waals surface area contributed by atoms with Crippen LogP contribution < -0.4 is 5.32 Å². The maximum Gasteiger partial charge on any atom is 0.0107 e. The lowest BCUT2D eigenvalue weighted by Crippen LogP contribution is -2.38. The van der Waals surface area contributed by atoms with Crippen LogP contribution in [-0.2, 0) is 0 Å². The number of hydrogen-bond donors (Lipinski definition) is 1. The third kappa shape index (κ3) is 6.73. The second-order valence-corrected chi connectivity index (χ2v) is 6.42. The Bertz CT molecular complexity index is 218. The molecule has 0 aliphatic heterocycles. The molecule has 0 unspecified atom stereocenters. The molecule has 2 fully saturated rings. The van der Waals surface area contributed by atoms with Gasteiger partial charge in [-0.3, -0.25) is 0 Å². The van der Waals surface area contributed by atoms with Gasteiger partial charge in [-0.1, -0.05) is 13.8 Å².